The lowest BCUT2D eigenvalue weighted by Crippen LogP contribution is -2.30. The molecule has 9 nitrogen and oxygen atoms in total. The van der Waals surface area contributed by atoms with Gasteiger partial charge in [-0.3, -0.25) is 9.59 Å². The Kier molecular flexibility index (Phi) is 11.9. The minimum atomic E-state index is -4.79. The van der Waals surface area contributed by atoms with Crippen molar-refractivity contribution in [2.24, 2.45) is 0 Å². The molecule has 2 rings (SSSR count). The third kappa shape index (κ3) is 9.48. The van der Waals surface area contributed by atoms with Crippen molar-refractivity contribution in [2.45, 2.75) is 51.3 Å². The van der Waals surface area contributed by atoms with E-state index in [1.807, 2.05) is 6.07 Å². The van der Waals surface area contributed by atoms with Gasteiger partial charge in [-0.25, -0.2) is 13.8 Å². The molecule has 42 heavy (non-hydrogen) atoms. The van der Waals surface area contributed by atoms with E-state index in [0.717, 1.165) is 23.1 Å². The van der Waals surface area contributed by atoms with Gasteiger partial charge in [0.1, 0.15) is 11.4 Å². The number of aliphatic hydroxyl groups excluding tert-OH is 1. The number of hydrogen-bond donors (Lipinski definition) is 4. The van der Waals surface area contributed by atoms with Crippen LogP contribution in [0, 0.1) is 23.7 Å². The van der Waals surface area contributed by atoms with Crippen molar-refractivity contribution in [1.29, 1.82) is 10.7 Å². The molecule has 0 saturated heterocycles. The average Bonchev–Trinajstić information content (AvgIpc) is 2.92. The average molecular weight is 594 g/mol. The van der Waals surface area contributed by atoms with Crippen LogP contribution in [-0.4, -0.2) is 58.4 Å². The maximum absolute atomic E-state index is 13.5. The van der Waals surface area contributed by atoms with Gasteiger partial charge < -0.3 is 25.8 Å². The number of aliphatic hydroxyl groups is 1. The summed E-state index contributed by atoms with van der Waals surface area (Å²) in [6.07, 6.45) is -6.66. The first-order valence-corrected chi connectivity index (χ1v) is 12.4. The van der Waals surface area contributed by atoms with E-state index in [9.17, 15) is 47.0 Å². The summed E-state index contributed by atoms with van der Waals surface area (Å²) < 4.78 is 63.1. The Labute approximate surface area is 238 Å². The SMILES string of the molecule is Cc1cc(C#N)cc(C(=O)CCC(F)F)c1NC(=O)C(=CC(O)C/C=C\CC(=N)C(F)(F)F)N(C)c1ncccc1O. The molecule has 0 aliphatic rings. The summed E-state index contributed by atoms with van der Waals surface area (Å²) >= 11 is 0. The van der Waals surface area contributed by atoms with Crippen LogP contribution in [-0.2, 0) is 4.79 Å². The van der Waals surface area contributed by atoms with Gasteiger partial charge in [0, 0.05) is 38.1 Å². The fourth-order valence-electron chi connectivity index (χ4n) is 3.69. The lowest BCUT2D eigenvalue weighted by atomic mass is 9.98. The zero-order chi connectivity index (χ0) is 31.6. The molecule has 14 heteroatoms. The molecule has 0 spiro atoms. The number of pyridine rings is 1. The Morgan fingerprint density at radius 1 is 1.26 bits per heavy atom. The number of likely N-dealkylation sites (N-methyl/N-ethyl adjacent to an activating group) is 1. The summed E-state index contributed by atoms with van der Waals surface area (Å²) in [4.78, 5) is 31.5. The number of hydrogen-bond acceptors (Lipinski definition) is 8. The fraction of sp³-hybridized carbons (Fsp3) is 0.321. The molecular weight excluding hydrogens is 565 g/mol. The maximum atomic E-state index is 13.5. The van der Waals surface area contributed by atoms with Crippen LogP contribution in [0.1, 0.15) is 47.2 Å². The van der Waals surface area contributed by atoms with Gasteiger partial charge >= 0.3 is 6.18 Å². The molecule has 0 bridgehead atoms. The Bertz CT molecular complexity index is 1420. The molecule has 1 unspecified atom stereocenters. The summed E-state index contributed by atoms with van der Waals surface area (Å²) in [6.45, 7) is 1.48. The number of amides is 1. The fourth-order valence-corrected chi connectivity index (χ4v) is 3.69. The van der Waals surface area contributed by atoms with Crippen molar-refractivity contribution in [3.05, 3.63) is 71.1 Å². The molecule has 224 valence electrons. The highest BCUT2D eigenvalue weighted by Crippen LogP contribution is 2.29. The second-order valence-electron chi connectivity index (χ2n) is 9.05. The van der Waals surface area contributed by atoms with Crippen LogP contribution in [0.25, 0.3) is 0 Å². The predicted molar refractivity (Wildman–Crippen MR) is 145 cm³/mol. The lowest BCUT2D eigenvalue weighted by Gasteiger charge is -2.24. The van der Waals surface area contributed by atoms with Gasteiger partial charge in [0.05, 0.1) is 23.4 Å². The molecule has 1 amide bonds. The minimum Gasteiger partial charge on any atom is -0.504 e. The van der Waals surface area contributed by atoms with Crippen LogP contribution in [0.15, 0.2) is 54.4 Å². The van der Waals surface area contributed by atoms with Gasteiger partial charge in [0.25, 0.3) is 5.91 Å². The van der Waals surface area contributed by atoms with Crippen LogP contribution in [0.4, 0.5) is 33.5 Å². The number of aryl methyl sites for hydroxylation is 1. The zero-order valence-corrected chi connectivity index (χ0v) is 22.5. The number of halogens is 5. The number of nitriles is 1. The number of nitrogens with zero attached hydrogens (tertiary/aromatic N) is 3. The smallest absolute Gasteiger partial charge is 0.429 e. The van der Waals surface area contributed by atoms with E-state index in [0.29, 0.717) is 0 Å². The highest BCUT2D eigenvalue weighted by molar-refractivity contribution is 6.11. The molecule has 0 aliphatic carbocycles. The number of nitrogens with one attached hydrogen (secondary N) is 2. The number of ketones is 1. The van der Waals surface area contributed by atoms with Crippen molar-refractivity contribution >= 4 is 28.9 Å². The van der Waals surface area contributed by atoms with Gasteiger partial charge in [-0.2, -0.15) is 18.4 Å². The minimum absolute atomic E-state index is 0.0537. The van der Waals surface area contributed by atoms with Crippen LogP contribution >= 0.6 is 0 Å². The first kappa shape index (κ1) is 33.6. The number of anilines is 2. The van der Waals surface area contributed by atoms with E-state index in [1.165, 1.54) is 44.4 Å². The van der Waals surface area contributed by atoms with E-state index in [2.05, 4.69) is 10.3 Å². The molecule has 0 aliphatic heterocycles. The van der Waals surface area contributed by atoms with Crippen molar-refractivity contribution in [3.8, 4) is 11.8 Å². The van der Waals surface area contributed by atoms with Crippen molar-refractivity contribution in [3.63, 3.8) is 0 Å². The van der Waals surface area contributed by atoms with Gasteiger partial charge in [0.15, 0.2) is 17.4 Å². The second-order valence-corrected chi connectivity index (χ2v) is 9.05. The first-order chi connectivity index (χ1) is 19.6. The second kappa shape index (κ2) is 14.8. The van der Waals surface area contributed by atoms with E-state index >= 15 is 0 Å². The quantitative estimate of drug-likeness (QED) is 0.0795. The third-order valence-electron chi connectivity index (χ3n) is 5.83. The number of carbonyl (C=O) groups is 2. The van der Waals surface area contributed by atoms with Gasteiger partial charge in [-0.05, 0) is 49.2 Å². The zero-order valence-electron chi connectivity index (χ0n) is 22.5. The number of benzene rings is 1. The summed E-state index contributed by atoms with van der Waals surface area (Å²) in [5, 5.41) is 39.6. The van der Waals surface area contributed by atoms with E-state index in [-0.39, 0.29) is 46.1 Å². The standard InChI is InChI=1S/C28H28F5N5O4/c1-16-12-17(15-34)13-19(21(40)9-10-24(29)30)25(16)37-27(42)20(38(2)26-22(41)7-5-11-36-26)14-18(39)6-3-4-8-23(35)28(31,32)33/h3-5,7,11-14,18,24,35,39,41H,6,8-10H2,1-2H3,(H,37,42)/b4-3-,20-14?,35-23?. The molecule has 1 aromatic heterocycles. The number of allylic oxidation sites excluding steroid dienone is 1. The normalized spacial score (nSPS) is 12.7. The number of Topliss-reactive ketones (excluding diaryl/α,β-unsaturated/α-hetero) is 1. The topological polar surface area (TPSA) is 150 Å². The Hall–Kier alpha value is -4.64. The molecule has 1 aromatic carbocycles. The number of alkyl halides is 5. The first-order valence-electron chi connectivity index (χ1n) is 12.4. The molecule has 2 aromatic rings. The molecular formula is C28H28F5N5O4. The lowest BCUT2D eigenvalue weighted by molar-refractivity contribution is -0.113. The van der Waals surface area contributed by atoms with Crippen molar-refractivity contribution in [2.75, 3.05) is 17.3 Å². The predicted octanol–water partition coefficient (Wildman–Crippen LogP) is 5.43. The largest absolute Gasteiger partial charge is 0.504 e. The van der Waals surface area contributed by atoms with Crippen LogP contribution < -0.4 is 10.2 Å². The van der Waals surface area contributed by atoms with Crippen LogP contribution in [0.3, 0.4) is 0 Å². The number of aromatic hydroxyl groups is 1. The van der Waals surface area contributed by atoms with E-state index in [4.69, 9.17) is 5.41 Å². The highest BCUT2D eigenvalue weighted by Gasteiger charge is 2.32. The Balaban J connectivity index is 2.46. The molecule has 0 saturated carbocycles. The number of aromatic nitrogens is 1. The molecule has 0 radical (unpaired) electrons. The van der Waals surface area contributed by atoms with E-state index in [1.54, 1.807) is 0 Å². The third-order valence-corrected chi connectivity index (χ3v) is 5.83. The van der Waals surface area contributed by atoms with Crippen LogP contribution in [0.5, 0.6) is 5.75 Å². The molecule has 0 fully saturated rings. The molecule has 4 N–H and O–H groups in total. The summed E-state index contributed by atoms with van der Waals surface area (Å²) in [6, 6.07) is 7.10. The Morgan fingerprint density at radius 2 is 1.95 bits per heavy atom. The number of rotatable bonds is 13. The van der Waals surface area contributed by atoms with Gasteiger partial charge in [-0.1, -0.05) is 12.2 Å². The molecule has 1 heterocycles. The van der Waals surface area contributed by atoms with Gasteiger partial charge in [-0.15, -0.1) is 0 Å². The summed E-state index contributed by atoms with van der Waals surface area (Å²) in [7, 11) is 1.33. The van der Waals surface area contributed by atoms with Crippen molar-refractivity contribution in [1.82, 2.24) is 4.98 Å². The summed E-state index contributed by atoms with van der Waals surface area (Å²) in [5.41, 5.74) is -1.71. The highest BCUT2D eigenvalue weighted by atomic mass is 19.4. The Morgan fingerprint density at radius 3 is 2.55 bits per heavy atom. The monoisotopic (exact) mass is 593 g/mol. The molecule has 1 atom stereocenters. The summed E-state index contributed by atoms with van der Waals surface area (Å²) in [5.74, 6) is -2.12. The van der Waals surface area contributed by atoms with Crippen LogP contribution in [0.2, 0.25) is 0 Å². The number of carbonyl (C=O) groups excluding carboxylic acids is 2. The van der Waals surface area contributed by atoms with Gasteiger partial charge in [0.2, 0.25) is 6.43 Å². The maximum Gasteiger partial charge on any atom is 0.429 e. The van der Waals surface area contributed by atoms with E-state index < -0.39 is 55.4 Å². The van der Waals surface area contributed by atoms with Crippen molar-refractivity contribution < 1.29 is 41.8 Å².